The summed E-state index contributed by atoms with van der Waals surface area (Å²) < 4.78 is 27.1. The van der Waals surface area contributed by atoms with Crippen LogP contribution in [-0.4, -0.2) is 20.2 Å². The van der Waals surface area contributed by atoms with Gasteiger partial charge in [0.15, 0.2) is 0 Å². The second-order valence-corrected chi connectivity index (χ2v) is 8.69. The molecule has 9 heteroatoms. The normalized spacial score (nSPS) is 10.9. The molecule has 1 heterocycles. The van der Waals surface area contributed by atoms with Crippen molar-refractivity contribution >= 4 is 50.2 Å². The molecule has 2 aromatic carbocycles. The number of benzene rings is 2. The molecule has 0 fully saturated rings. The average Bonchev–Trinajstić information content (AvgIpc) is 3.17. The molecule has 2 amide bonds. The van der Waals surface area contributed by atoms with Gasteiger partial charge in [-0.25, -0.2) is 8.42 Å². The van der Waals surface area contributed by atoms with Crippen LogP contribution in [0.25, 0.3) is 0 Å². The lowest BCUT2D eigenvalue weighted by Crippen LogP contribution is -2.14. The van der Waals surface area contributed by atoms with Gasteiger partial charge in [0, 0.05) is 29.5 Å². The summed E-state index contributed by atoms with van der Waals surface area (Å²) in [5.41, 5.74) is 1.82. The number of sulfonamides is 1. The van der Waals surface area contributed by atoms with Crippen LogP contribution in [-0.2, 0) is 14.8 Å². The van der Waals surface area contributed by atoms with E-state index in [2.05, 4.69) is 15.4 Å². The SMILES string of the molecule is CC(=O)Nc1cccc(NC(=O)c2ccc(NS(=O)(=O)c3cccs3)cc2)c1. The third kappa shape index (κ3) is 4.96. The molecule has 3 rings (SSSR count). The molecule has 0 aliphatic heterocycles. The summed E-state index contributed by atoms with van der Waals surface area (Å²) in [5, 5.41) is 7.06. The summed E-state index contributed by atoms with van der Waals surface area (Å²) in [5.74, 6) is -0.559. The van der Waals surface area contributed by atoms with Crippen molar-refractivity contribution in [3.05, 3.63) is 71.6 Å². The molecule has 0 aliphatic rings. The minimum absolute atomic E-state index is 0.205. The molecular formula is C19H17N3O4S2. The molecule has 28 heavy (non-hydrogen) atoms. The van der Waals surface area contributed by atoms with Gasteiger partial charge in [0.05, 0.1) is 0 Å². The number of rotatable bonds is 6. The van der Waals surface area contributed by atoms with E-state index in [9.17, 15) is 18.0 Å². The summed E-state index contributed by atoms with van der Waals surface area (Å²) >= 11 is 1.12. The van der Waals surface area contributed by atoms with Crippen LogP contribution in [0.2, 0.25) is 0 Å². The quantitative estimate of drug-likeness (QED) is 0.570. The van der Waals surface area contributed by atoms with Gasteiger partial charge in [-0.05, 0) is 53.9 Å². The molecule has 0 radical (unpaired) electrons. The molecule has 0 atom stereocenters. The van der Waals surface area contributed by atoms with Gasteiger partial charge in [-0.15, -0.1) is 11.3 Å². The van der Waals surface area contributed by atoms with E-state index in [0.717, 1.165) is 11.3 Å². The minimum Gasteiger partial charge on any atom is -0.326 e. The Hall–Kier alpha value is -3.17. The fraction of sp³-hybridized carbons (Fsp3) is 0.0526. The minimum atomic E-state index is -3.63. The number of carbonyl (C=O) groups is 2. The summed E-state index contributed by atoms with van der Waals surface area (Å²) in [6, 6.07) is 16.0. The van der Waals surface area contributed by atoms with Gasteiger partial charge in [0.2, 0.25) is 5.91 Å². The van der Waals surface area contributed by atoms with Crippen molar-refractivity contribution in [1.29, 1.82) is 0 Å². The Morgan fingerprint density at radius 3 is 2.14 bits per heavy atom. The van der Waals surface area contributed by atoms with Gasteiger partial charge in [0.25, 0.3) is 15.9 Å². The van der Waals surface area contributed by atoms with Crippen molar-refractivity contribution < 1.29 is 18.0 Å². The van der Waals surface area contributed by atoms with Crippen LogP contribution in [0.15, 0.2) is 70.3 Å². The maximum Gasteiger partial charge on any atom is 0.271 e. The van der Waals surface area contributed by atoms with Gasteiger partial charge in [-0.3, -0.25) is 14.3 Å². The number of hydrogen-bond donors (Lipinski definition) is 3. The number of thiophene rings is 1. The summed E-state index contributed by atoms with van der Waals surface area (Å²) in [7, 11) is -3.63. The molecule has 144 valence electrons. The van der Waals surface area contributed by atoms with Crippen molar-refractivity contribution in [2.75, 3.05) is 15.4 Å². The standard InChI is InChI=1S/C19H17N3O4S2/c1-13(23)20-16-4-2-5-17(12-16)21-19(24)14-7-9-15(10-8-14)22-28(25,26)18-6-3-11-27-18/h2-12,22H,1H3,(H,20,23)(H,21,24). The summed E-state index contributed by atoms with van der Waals surface area (Å²) in [6.07, 6.45) is 0. The first-order valence-electron chi connectivity index (χ1n) is 8.19. The molecule has 3 aromatic rings. The van der Waals surface area contributed by atoms with Crippen LogP contribution in [0, 0.1) is 0 Å². The monoisotopic (exact) mass is 415 g/mol. The molecule has 3 N–H and O–H groups in total. The van der Waals surface area contributed by atoms with E-state index in [1.807, 2.05) is 0 Å². The first-order chi connectivity index (χ1) is 13.3. The van der Waals surface area contributed by atoms with E-state index in [1.165, 1.54) is 37.3 Å². The van der Waals surface area contributed by atoms with Crippen LogP contribution in [0.1, 0.15) is 17.3 Å². The zero-order chi connectivity index (χ0) is 20.1. The zero-order valence-corrected chi connectivity index (χ0v) is 16.4. The molecular weight excluding hydrogens is 398 g/mol. The maximum absolute atomic E-state index is 12.4. The highest BCUT2D eigenvalue weighted by atomic mass is 32.2. The highest BCUT2D eigenvalue weighted by molar-refractivity contribution is 7.94. The zero-order valence-electron chi connectivity index (χ0n) is 14.8. The lowest BCUT2D eigenvalue weighted by Gasteiger charge is -2.09. The van der Waals surface area contributed by atoms with Crippen molar-refractivity contribution in [3.8, 4) is 0 Å². The molecule has 0 unspecified atom stereocenters. The number of amides is 2. The topological polar surface area (TPSA) is 104 Å². The van der Waals surface area contributed by atoms with Gasteiger partial charge in [0.1, 0.15) is 4.21 Å². The van der Waals surface area contributed by atoms with Crippen molar-refractivity contribution in [1.82, 2.24) is 0 Å². The van der Waals surface area contributed by atoms with Gasteiger partial charge in [-0.2, -0.15) is 0 Å². The van der Waals surface area contributed by atoms with Crippen molar-refractivity contribution in [2.24, 2.45) is 0 Å². The number of nitrogens with one attached hydrogen (secondary N) is 3. The van der Waals surface area contributed by atoms with Gasteiger partial charge in [-0.1, -0.05) is 12.1 Å². The van der Waals surface area contributed by atoms with E-state index in [-0.39, 0.29) is 16.0 Å². The van der Waals surface area contributed by atoms with E-state index >= 15 is 0 Å². The van der Waals surface area contributed by atoms with E-state index in [0.29, 0.717) is 22.6 Å². The number of anilines is 3. The second kappa shape index (κ2) is 8.24. The highest BCUT2D eigenvalue weighted by Crippen LogP contribution is 2.21. The first-order valence-corrected chi connectivity index (χ1v) is 10.6. The van der Waals surface area contributed by atoms with Crippen LogP contribution in [0.5, 0.6) is 0 Å². The molecule has 7 nitrogen and oxygen atoms in total. The van der Waals surface area contributed by atoms with E-state index < -0.39 is 10.0 Å². The molecule has 0 spiro atoms. The smallest absolute Gasteiger partial charge is 0.271 e. The predicted molar refractivity (Wildman–Crippen MR) is 110 cm³/mol. The number of hydrogen-bond acceptors (Lipinski definition) is 5. The Morgan fingerprint density at radius 1 is 0.857 bits per heavy atom. The maximum atomic E-state index is 12.4. The van der Waals surface area contributed by atoms with Crippen LogP contribution in [0.3, 0.4) is 0 Å². The second-order valence-electron chi connectivity index (χ2n) is 5.83. The van der Waals surface area contributed by atoms with Crippen LogP contribution in [0.4, 0.5) is 17.1 Å². The molecule has 0 saturated heterocycles. The van der Waals surface area contributed by atoms with Crippen molar-refractivity contribution in [2.45, 2.75) is 11.1 Å². The largest absolute Gasteiger partial charge is 0.326 e. The first kappa shape index (κ1) is 19.6. The predicted octanol–water partition coefficient (Wildman–Crippen LogP) is 3.76. The third-order valence-electron chi connectivity index (χ3n) is 3.60. The molecule has 0 saturated carbocycles. The fourth-order valence-corrected chi connectivity index (χ4v) is 4.44. The van der Waals surface area contributed by atoms with E-state index in [4.69, 9.17) is 0 Å². The molecule has 0 aliphatic carbocycles. The number of carbonyl (C=O) groups excluding carboxylic acids is 2. The fourth-order valence-electron chi connectivity index (χ4n) is 2.39. The average molecular weight is 415 g/mol. The third-order valence-corrected chi connectivity index (χ3v) is 6.38. The van der Waals surface area contributed by atoms with Gasteiger partial charge >= 0.3 is 0 Å². The van der Waals surface area contributed by atoms with Crippen LogP contribution >= 0.6 is 11.3 Å². The van der Waals surface area contributed by atoms with Gasteiger partial charge < -0.3 is 10.6 Å². The highest BCUT2D eigenvalue weighted by Gasteiger charge is 2.15. The summed E-state index contributed by atoms with van der Waals surface area (Å²) in [6.45, 7) is 1.40. The lowest BCUT2D eigenvalue weighted by molar-refractivity contribution is -0.114. The van der Waals surface area contributed by atoms with Crippen molar-refractivity contribution in [3.63, 3.8) is 0 Å². The Balaban J connectivity index is 1.68. The van der Waals surface area contributed by atoms with E-state index in [1.54, 1.807) is 35.7 Å². The Kier molecular flexibility index (Phi) is 5.76. The van der Waals surface area contributed by atoms with Crippen LogP contribution < -0.4 is 15.4 Å². The Labute approximate surface area is 166 Å². The Bertz CT molecular complexity index is 1090. The molecule has 1 aromatic heterocycles. The summed E-state index contributed by atoms with van der Waals surface area (Å²) in [4.78, 5) is 23.5. The Morgan fingerprint density at radius 2 is 1.54 bits per heavy atom. The molecule has 0 bridgehead atoms. The lowest BCUT2D eigenvalue weighted by atomic mass is 10.2.